The number of benzene rings is 1. The molecule has 0 heterocycles. The molecule has 4 nitrogen and oxygen atoms in total. The van der Waals surface area contributed by atoms with Crippen molar-refractivity contribution in [3.8, 4) is 5.75 Å². The maximum atomic E-state index is 6.05. The Morgan fingerprint density at radius 2 is 2.25 bits per heavy atom. The normalized spacial score (nSPS) is 15.2. The van der Waals surface area contributed by atoms with Crippen LogP contribution in [0.4, 0.5) is 0 Å². The molecule has 20 heavy (non-hydrogen) atoms. The Kier molecular flexibility index (Phi) is 7.43. The second-order valence-corrected chi connectivity index (χ2v) is 5.26. The lowest BCUT2D eigenvalue weighted by atomic mass is 9.85. The number of nitrogens with zero attached hydrogens (tertiary/aromatic N) is 1. The van der Waals surface area contributed by atoms with Crippen LogP contribution in [0.1, 0.15) is 24.8 Å². The number of hydrogen-bond acceptors (Lipinski definition) is 2. The first kappa shape index (κ1) is 17.4. The summed E-state index contributed by atoms with van der Waals surface area (Å²) >= 11 is 6.05. The van der Waals surface area contributed by atoms with Crippen molar-refractivity contribution in [1.29, 1.82) is 0 Å². The summed E-state index contributed by atoms with van der Waals surface area (Å²) in [6, 6.07) is 5.63. The van der Waals surface area contributed by atoms with Gasteiger partial charge < -0.3 is 15.8 Å². The second kappa shape index (κ2) is 8.56. The average Bonchev–Trinajstić information content (AvgIpc) is 2.34. The molecule has 2 rings (SSSR count). The van der Waals surface area contributed by atoms with Crippen LogP contribution in [0.3, 0.4) is 0 Å². The highest BCUT2D eigenvalue weighted by Crippen LogP contribution is 2.25. The minimum Gasteiger partial charge on any atom is -0.495 e. The smallest absolute Gasteiger partial charge is 0.188 e. The molecular formula is C14H21ClIN3O. The van der Waals surface area contributed by atoms with Gasteiger partial charge in [0.2, 0.25) is 0 Å². The van der Waals surface area contributed by atoms with Gasteiger partial charge in [0.25, 0.3) is 0 Å². The predicted molar refractivity (Wildman–Crippen MR) is 94.1 cm³/mol. The number of hydrogen-bond donors (Lipinski definition) is 2. The van der Waals surface area contributed by atoms with Crippen molar-refractivity contribution in [1.82, 2.24) is 5.32 Å². The topological polar surface area (TPSA) is 59.6 Å². The summed E-state index contributed by atoms with van der Waals surface area (Å²) in [5, 5.41) is 3.76. The van der Waals surface area contributed by atoms with Crippen LogP contribution in [0, 0.1) is 5.92 Å². The zero-order chi connectivity index (χ0) is 13.7. The van der Waals surface area contributed by atoms with Crippen molar-refractivity contribution < 1.29 is 4.74 Å². The Morgan fingerprint density at radius 3 is 2.80 bits per heavy atom. The number of guanidine groups is 1. The van der Waals surface area contributed by atoms with E-state index in [1.807, 2.05) is 18.2 Å². The number of methoxy groups -OCH3 is 1. The molecule has 3 N–H and O–H groups in total. The zero-order valence-corrected chi connectivity index (χ0v) is 14.7. The van der Waals surface area contributed by atoms with Crippen LogP contribution in [0.2, 0.25) is 5.02 Å². The van der Waals surface area contributed by atoms with Gasteiger partial charge in [0.05, 0.1) is 18.7 Å². The lowest BCUT2D eigenvalue weighted by Gasteiger charge is -2.25. The van der Waals surface area contributed by atoms with Crippen LogP contribution < -0.4 is 15.8 Å². The van der Waals surface area contributed by atoms with Crippen molar-refractivity contribution in [3.05, 3.63) is 28.8 Å². The SMILES string of the molecule is COc1ccc(CN=C(N)NCC2CCC2)cc1Cl.I. The standard InChI is InChI=1S/C14H20ClN3O.HI/c1-19-13-6-5-11(7-12(13)15)9-18-14(16)17-8-10-3-2-4-10;/h5-7,10H,2-4,8-9H2,1H3,(H3,16,17,18);1H. The molecule has 1 aromatic rings. The molecule has 0 spiro atoms. The van der Waals surface area contributed by atoms with E-state index in [1.54, 1.807) is 7.11 Å². The maximum absolute atomic E-state index is 6.05. The van der Waals surface area contributed by atoms with Crippen molar-refractivity contribution in [2.75, 3.05) is 13.7 Å². The lowest BCUT2D eigenvalue weighted by molar-refractivity contribution is 0.315. The highest BCUT2D eigenvalue weighted by molar-refractivity contribution is 14.0. The van der Waals surface area contributed by atoms with Gasteiger partial charge in [-0.15, -0.1) is 24.0 Å². The van der Waals surface area contributed by atoms with E-state index in [1.165, 1.54) is 19.3 Å². The van der Waals surface area contributed by atoms with Crippen LogP contribution in [-0.2, 0) is 6.54 Å². The largest absolute Gasteiger partial charge is 0.495 e. The summed E-state index contributed by atoms with van der Waals surface area (Å²) in [5.41, 5.74) is 6.84. The van der Waals surface area contributed by atoms with Crippen LogP contribution >= 0.6 is 35.6 Å². The Balaban J connectivity index is 0.00000200. The van der Waals surface area contributed by atoms with Crippen molar-refractivity contribution in [2.24, 2.45) is 16.6 Å². The fourth-order valence-electron chi connectivity index (χ4n) is 1.99. The predicted octanol–water partition coefficient (Wildman–Crippen LogP) is 3.17. The fraction of sp³-hybridized carbons (Fsp3) is 0.500. The molecule has 1 saturated carbocycles. The monoisotopic (exact) mass is 409 g/mol. The fourth-order valence-corrected chi connectivity index (χ4v) is 2.27. The molecule has 0 unspecified atom stereocenters. The van der Waals surface area contributed by atoms with E-state index in [-0.39, 0.29) is 24.0 Å². The maximum Gasteiger partial charge on any atom is 0.188 e. The number of aliphatic imine (C=N–C) groups is 1. The highest BCUT2D eigenvalue weighted by atomic mass is 127. The van der Waals surface area contributed by atoms with Crippen LogP contribution in [0.5, 0.6) is 5.75 Å². The molecule has 0 aromatic heterocycles. The van der Waals surface area contributed by atoms with Gasteiger partial charge in [0.15, 0.2) is 5.96 Å². The number of nitrogens with two attached hydrogens (primary N) is 1. The van der Waals surface area contributed by atoms with E-state index in [0.717, 1.165) is 18.0 Å². The third kappa shape index (κ3) is 5.01. The first-order chi connectivity index (χ1) is 9.19. The Hall–Kier alpha value is -0.690. The molecule has 0 amide bonds. The lowest BCUT2D eigenvalue weighted by Crippen LogP contribution is -2.37. The number of rotatable bonds is 5. The number of nitrogens with one attached hydrogen (secondary N) is 1. The summed E-state index contributed by atoms with van der Waals surface area (Å²) in [5.74, 6) is 1.94. The third-order valence-electron chi connectivity index (χ3n) is 3.44. The molecule has 0 radical (unpaired) electrons. The molecular weight excluding hydrogens is 389 g/mol. The summed E-state index contributed by atoms with van der Waals surface area (Å²) in [6.07, 6.45) is 3.94. The highest BCUT2D eigenvalue weighted by Gasteiger charge is 2.16. The van der Waals surface area contributed by atoms with Crippen LogP contribution in [0.25, 0.3) is 0 Å². The molecule has 1 aliphatic carbocycles. The van der Waals surface area contributed by atoms with Gasteiger partial charge in [-0.2, -0.15) is 0 Å². The van der Waals surface area contributed by atoms with Gasteiger partial charge >= 0.3 is 0 Å². The van der Waals surface area contributed by atoms with E-state index in [4.69, 9.17) is 22.1 Å². The van der Waals surface area contributed by atoms with Crippen LogP contribution in [0.15, 0.2) is 23.2 Å². The minimum atomic E-state index is 0. The zero-order valence-electron chi connectivity index (χ0n) is 11.6. The number of ether oxygens (including phenoxy) is 1. The molecule has 1 aliphatic rings. The Bertz CT molecular complexity index is 464. The average molecular weight is 410 g/mol. The molecule has 0 aliphatic heterocycles. The summed E-state index contributed by atoms with van der Waals surface area (Å²) < 4.78 is 5.10. The van der Waals surface area contributed by atoms with Gasteiger partial charge in [-0.25, -0.2) is 4.99 Å². The van der Waals surface area contributed by atoms with Gasteiger partial charge in [-0.3, -0.25) is 0 Å². The van der Waals surface area contributed by atoms with Crippen molar-refractivity contribution >= 4 is 41.5 Å². The van der Waals surface area contributed by atoms with E-state index >= 15 is 0 Å². The summed E-state index contributed by atoms with van der Waals surface area (Å²) in [6.45, 7) is 1.45. The summed E-state index contributed by atoms with van der Waals surface area (Å²) in [7, 11) is 1.60. The van der Waals surface area contributed by atoms with E-state index in [2.05, 4.69) is 10.3 Å². The van der Waals surface area contributed by atoms with Crippen molar-refractivity contribution in [2.45, 2.75) is 25.8 Å². The first-order valence-corrected chi connectivity index (χ1v) is 6.93. The van der Waals surface area contributed by atoms with Gasteiger partial charge in [-0.1, -0.05) is 24.1 Å². The van der Waals surface area contributed by atoms with E-state index in [9.17, 15) is 0 Å². The van der Waals surface area contributed by atoms with Crippen LogP contribution in [-0.4, -0.2) is 19.6 Å². The summed E-state index contributed by atoms with van der Waals surface area (Å²) in [4.78, 5) is 4.31. The molecule has 6 heteroatoms. The third-order valence-corrected chi connectivity index (χ3v) is 3.74. The van der Waals surface area contributed by atoms with E-state index < -0.39 is 0 Å². The molecule has 0 bridgehead atoms. The first-order valence-electron chi connectivity index (χ1n) is 6.55. The molecule has 1 fully saturated rings. The second-order valence-electron chi connectivity index (χ2n) is 4.85. The number of halogens is 2. The van der Waals surface area contributed by atoms with E-state index in [0.29, 0.717) is 23.3 Å². The molecule has 0 atom stereocenters. The van der Waals surface area contributed by atoms with Gasteiger partial charge in [-0.05, 0) is 36.5 Å². The van der Waals surface area contributed by atoms with Gasteiger partial charge in [0, 0.05) is 6.54 Å². The Labute approximate surface area is 142 Å². The molecule has 112 valence electrons. The van der Waals surface area contributed by atoms with Gasteiger partial charge in [0.1, 0.15) is 5.75 Å². The Morgan fingerprint density at radius 1 is 1.50 bits per heavy atom. The quantitative estimate of drug-likeness (QED) is 0.446. The molecule has 1 aromatic carbocycles. The minimum absolute atomic E-state index is 0. The van der Waals surface area contributed by atoms with Crippen molar-refractivity contribution in [3.63, 3.8) is 0 Å². The molecule has 0 saturated heterocycles.